The fourth-order valence-electron chi connectivity index (χ4n) is 4.31. The first kappa shape index (κ1) is 32.8. The zero-order valence-corrected chi connectivity index (χ0v) is 25.2. The second kappa shape index (κ2) is 15.9. The molecule has 0 radical (unpaired) electrons. The summed E-state index contributed by atoms with van der Waals surface area (Å²) < 4.78 is 5.46. The molecule has 0 bridgehead atoms. The molecule has 2 N–H and O–H groups in total. The number of nitrogens with zero attached hydrogens (tertiary/aromatic N) is 1. The first-order chi connectivity index (χ1) is 17.3. The molecule has 0 saturated heterocycles. The van der Waals surface area contributed by atoms with Crippen LogP contribution in [0.4, 0.5) is 4.79 Å². The number of carbonyl (C=O) groups is 3. The molecule has 0 spiro atoms. The molecule has 0 aromatic heterocycles. The van der Waals surface area contributed by atoms with E-state index in [9.17, 15) is 14.4 Å². The minimum atomic E-state index is -0.798. The van der Waals surface area contributed by atoms with E-state index in [1.807, 2.05) is 39.2 Å². The van der Waals surface area contributed by atoms with Gasteiger partial charge in [-0.15, -0.1) is 0 Å². The highest BCUT2D eigenvalue weighted by atomic mass is 32.2. The molecule has 0 aliphatic carbocycles. The lowest BCUT2D eigenvalue weighted by Gasteiger charge is -2.35. The van der Waals surface area contributed by atoms with Gasteiger partial charge in [-0.25, -0.2) is 4.79 Å². The van der Waals surface area contributed by atoms with E-state index in [1.165, 1.54) is 0 Å². The first-order valence-corrected chi connectivity index (χ1v) is 14.9. The number of thioether (sulfide) groups is 1. The average Bonchev–Trinajstić information content (AvgIpc) is 2.76. The second-order valence-electron chi connectivity index (χ2n) is 10.9. The van der Waals surface area contributed by atoms with Gasteiger partial charge >= 0.3 is 6.09 Å². The van der Waals surface area contributed by atoms with Gasteiger partial charge in [0.05, 0.1) is 0 Å². The molecule has 3 unspecified atom stereocenters. The molecule has 3 amide bonds. The molecule has 0 fully saturated rings. The number of alkyl carbamates (subject to hydrolysis) is 1. The number of rotatable bonds is 14. The first-order valence-electron chi connectivity index (χ1n) is 13.5. The monoisotopic (exact) mass is 535 g/mol. The van der Waals surface area contributed by atoms with Gasteiger partial charge in [0.2, 0.25) is 11.8 Å². The predicted octanol–water partition coefficient (Wildman–Crippen LogP) is 5.92. The van der Waals surface area contributed by atoms with Crippen LogP contribution in [0.25, 0.3) is 0 Å². The molecule has 37 heavy (non-hydrogen) atoms. The van der Waals surface area contributed by atoms with Crippen LogP contribution in [-0.2, 0) is 14.3 Å². The molecule has 0 aliphatic rings. The van der Waals surface area contributed by atoms with Crippen molar-refractivity contribution in [1.29, 1.82) is 0 Å². The van der Waals surface area contributed by atoms with Crippen LogP contribution in [-0.4, -0.2) is 59.0 Å². The summed E-state index contributed by atoms with van der Waals surface area (Å²) in [5.74, 6) is 0.217. The van der Waals surface area contributed by atoms with Gasteiger partial charge in [-0.1, -0.05) is 56.0 Å². The minimum Gasteiger partial charge on any atom is -0.444 e. The van der Waals surface area contributed by atoms with Gasteiger partial charge in [0.1, 0.15) is 17.7 Å². The summed E-state index contributed by atoms with van der Waals surface area (Å²) in [6, 6.07) is 4.41. The Balaban J connectivity index is 3.51. The van der Waals surface area contributed by atoms with Crippen molar-refractivity contribution in [2.24, 2.45) is 0 Å². The van der Waals surface area contributed by atoms with Crippen LogP contribution in [0.2, 0.25) is 0 Å². The molecule has 3 atom stereocenters. The molecule has 0 saturated carbocycles. The number of amides is 3. The lowest BCUT2D eigenvalue weighted by molar-refractivity contribution is -0.142. The van der Waals surface area contributed by atoms with E-state index in [4.69, 9.17) is 4.74 Å². The number of ether oxygens (including phenoxy) is 1. The van der Waals surface area contributed by atoms with Gasteiger partial charge < -0.3 is 20.3 Å². The van der Waals surface area contributed by atoms with Crippen LogP contribution in [0.1, 0.15) is 96.4 Å². The van der Waals surface area contributed by atoms with E-state index in [1.54, 1.807) is 37.4 Å². The Bertz CT molecular complexity index is 864. The fourth-order valence-corrected chi connectivity index (χ4v) is 4.78. The van der Waals surface area contributed by atoms with Crippen molar-refractivity contribution in [3.8, 4) is 0 Å². The van der Waals surface area contributed by atoms with Crippen LogP contribution < -0.4 is 10.6 Å². The Kier molecular flexibility index (Phi) is 14.1. The summed E-state index contributed by atoms with van der Waals surface area (Å²) in [4.78, 5) is 42.2. The number of hydrogen-bond acceptors (Lipinski definition) is 5. The zero-order valence-electron chi connectivity index (χ0n) is 24.4. The Morgan fingerprint density at radius 3 is 2.14 bits per heavy atom. The summed E-state index contributed by atoms with van der Waals surface area (Å²) >= 11 is 1.60. The third kappa shape index (κ3) is 11.8. The van der Waals surface area contributed by atoms with Crippen molar-refractivity contribution in [3.63, 3.8) is 0 Å². The summed E-state index contributed by atoms with van der Waals surface area (Å²) in [6.45, 7) is 15.9. The average molecular weight is 536 g/mol. The maximum atomic E-state index is 14.1. The van der Waals surface area contributed by atoms with E-state index in [0.717, 1.165) is 42.4 Å². The lowest BCUT2D eigenvalue weighted by atomic mass is 9.97. The molecule has 0 aliphatic heterocycles. The van der Waals surface area contributed by atoms with E-state index >= 15 is 0 Å². The third-order valence-electron chi connectivity index (χ3n) is 5.87. The largest absolute Gasteiger partial charge is 0.444 e. The van der Waals surface area contributed by atoms with Crippen molar-refractivity contribution in [3.05, 3.63) is 34.9 Å². The lowest BCUT2D eigenvalue weighted by Crippen LogP contribution is -2.54. The molecule has 0 heterocycles. The molecular formula is C29H49N3O4S. The molecule has 1 aromatic rings. The van der Waals surface area contributed by atoms with Gasteiger partial charge in [-0.2, -0.15) is 11.8 Å². The summed E-state index contributed by atoms with van der Waals surface area (Å²) in [7, 11) is 0. The van der Waals surface area contributed by atoms with Crippen LogP contribution >= 0.6 is 11.8 Å². The number of benzene rings is 1. The summed E-state index contributed by atoms with van der Waals surface area (Å²) in [5.41, 5.74) is 2.16. The summed E-state index contributed by atoms with van der Waals surface area (Å²) in [5, 5.41) is 5.93. The van der Waals surface area contributed by atoms with E-state index < -0.39 is 23.8 Å². The number of aryl methyl sites for hydroxylation is 2. The predicted molar refractivity (Wildman–Crippen MR) is 154 cm³/mol. The molecule has 8 heteroatoms. The quantitative estimate of drug-likeness (QED) is 0.309. The van der Waals surface area contributed by atoms with E-state index in [-0.39, 0.29) is 17.9 Å². The van der Waals surface area contributed by atoms with Crippen LogP contribution in [0, 0.1) is 13.8 Å². The van der Waals surface area contributed by atoms with Crippen LogP contribution in [0.15, 0.2) is 18.2 Å². The van der Waals surface area contributed by atoms with E-state index in [0.29, 0.717) is 18.7 Å². The van der Waals surface area contributed by atoms with Gasteiger partial charge in [0, 0.05) is 12.6 Å². The number of hydrogen-bond donors (Lipinski definition) is 2. The molecule has 210 valence electrons. The highest BCUT2D eigenvalue weighted by Crippen LogP contribution is 2.26. The zero-order chi connectivity index (χ0) is 28.2. The van der Waals surface area contributed by atoms with Crippen LogP contribution in [0.3, 0.4) is 0 Å². The van der Waals surface area contributed by atoms with Crippen LogP contribution in [0.5, 0.6) is 0 Å². The van der Waals surface area contributed by atoms with Gasteiger partial charge in [-0.3, -0.25) is 9.59 Å². The molecular weight excluding hydrogens is 486 g/mol. The normalized spacial score (nSPS) is 13.9. The summed E-state index contributed by atoms with van der Waals surface area (Å²) in [6.07, 6.45) is 5.18. The standard InChI is InChI=1S/C29H49N3O4S/c1-10-12-15-32(27(34)24(14-16-37-9)31-28(35)36-29(6,7)8)25(26(33)30-22(5)13-11-2)23-18-20(3)17-21(4)19-23/h17-19,22,24-25H,10-16H2,1-9H3,(H,30,33)(H,31,35). The fraction of sp³-hybridized carbons (Fsp3) is 0.690. The Hall–Kier alpha value is -2.22. The second-order valence-corrected chi connectivity index (χ2v) is 11.9. The smallest absolute Gasteiger partial charge is 0.408 e. The highest BCUT2D eigenvalue weighted by Gasteiger charge is 2.36. The third-order valence-corrected chi connectivity index (χ3v) is 6.51. The maximum Gasteiger partial charge on any atom is 0.408 e. The van der Waals surface area contributed by atoms with Gasteiger partial charge in [-0.05, 0) is 78.4 Å². The molecule has 7 nitrogen and oxygen atoms in total. The molecule has 1 aromatic carbocycles. The highest BCUT2D eigenvalue weighted by molar-refractivity contribution is 7.98. The van der Waals surface area contributed by atoms with Crippen molar-refractivity contribution >= 4 is 29.7 Å². The Morgan fingerprint density at radius 1 is 1.00 bits per heavy atom. The Morgan fingerprint density at radius 2 is 1.62 bits per heavy atom. The van der Waals surface area contributed by atoms with Crippen molar-refractivity contribution in [2.75, 3.05) is 18.6 Å². The number of unbranched alkanes of at least 4 members (excludes halogenated alkanes) is 1. The van der Waals surface area contributed by atoms with E-state index in [2.05, 4.69) is 30.5 Å². The van der Waals surface area contributed by atoms with Gasteiger partial charge in [0.25, 0.3) is 0 Å². The minimum absolute atomic E-state index is 0.0128. The topological polar surface area (TPSA) is 87.7 Å². The van der Waals surface area contributed by atoms with Crippen molar-refractivity contribution in [1.82, 2.24) is 15.5 Å². The SMILES string of the molecule is CCCCN(C(=O)C(CCSC)NC(=O)OC(C)(C)C)C(C(=O)NC(C)CCC)c1cc(C)cc(C)c1. The van der Waals surface area contributed by atoms with Crippen molar-refractivity contribution < 1.29 is 19.1 Å². The Labute approximate surface area is 228 Å². The molecule has 1 rings (SSSR count). The number of carbonyl (C=O) groups excluding carboxylic acids is 3. The maximum absolute atomic E-state index is 14.1. The van der Waals surface area contributed by atoms with Crippen molar-refractivity contribution in [2.45, 2.75) is 111 Å². The number of nitrogens with one attached hydrogen (secondary N) is 2. The van der Waals surface area contributed by atoms with Gasteiger partial charge in [0.15, 0.2) is 0 Å².